The number of carboxylic acid groups (broad SMARTS) is 1. The Bertz CT molecular complexity index is 430. The summed E-state index contributed by atoms with van der Waals surface area (Å²) in [5, 5.41) is 27.5. The molecule has 0 spiro atoms. The minimum absolute atomic E-state index is 0.209. The summed E-state index contributed by atoms with van der Waals surface area (Å²) in [6.45, 7) is 0. The normalized spacial score (nSPS) is 16.5. The molecule has 1 heterocycles. The number of anilines is 1. The van der Waals surface area contributed by atoms with Gasteiger partial charge in [-0.3, -0.25) is 0 Å². The van der Waals surface area contributed by atoms with E-state index in [1.807, 2.05) is 6.07 Å². The number of nitriles is 1. The van der Waals surface area contributed by atoms with Crippen molar-refractivity contribution in [1.82, 2.24) is 10.2 Å². The molecule has 2 N–H and O–H groups in total. The van der Waals surface area contributed by atoms with Gasteiger partial charge in [-0.2, -0.15) is 5.26 Å². The Balaban J connectivity index is 2.12. The molecule has 76 valence electrons. The van der Waals surface area contributed by atoms with Crippen molar-refractivity contribution in [2.75, 3.05) is 5.32 Å². The van der Waals surface area contributed by atoms with E-state index in [2.05, 4.69) is 15.5 Å². The fourth-order valence-electron chi connectivity index (χ4n) is 1.22. The molecule has 0 unspecified atom stereocenters. The van der Waals surface area contributed by atoms with Gasteiger partial charge in [0.15, 0.2) is 5.69 Å². The zero-order valence-electron chi connectivity index (χ0n) is 7.77. The highest BCUT2D eigenvalue weighted by atomic mass is 16.4. The van der Waals surface area contributed by atoms with E-state index in [4.69, 9.17) is 10.4 Å². The van der Waals surface area contributed by atoms with Crippen molar-refractivity contribution in [3.8, 4) is 6.07 Å². The Hall–Kier alpha value is -2.16. The predicted octanol–water partition coefficient (Wildman–Crippen LogP) is 0.377. The van der Waals surface area contributed by atoms with Crippen molar-refractivity contribution in [3.05, 3.63) is 17.8 Å². The quantitative estimate of drug-likeness (QED) is 0.738. The van der Waals surface area contributed by atoms with Crippen molar-refractivity contribution >= 4 is 11.8 Å². The molecule has 1 aliphatic rings. The number of hydrogen-bond donors (Lipinski definition) is 2. The van der Waals surface area contributed by atoms with E-state index < -0.39 is 11.5 Å². The largest absolute Gasteiger partial charge is 0.480 e. The van der Waals surface area contributed by atoms with Gasteiger partial charge in [0.25, 0.3) is 0 Å². The van der Waals surface area contributed by atoms with Crippen LogP contribution in [0.2, 0.25) is 0 Å². The summed E-state index contributed by atoms with van der Waals surface area (Å²) in [4.78, 5) is 10.8. The molecular formula is C9H8N4O2. The third-order valence-electron chi connectivity index (χ3n) is 2.31. The molecule has 0 atom stereocenters. The number of carboxylic acids is 1. The maximum Gasteiger partial charge on any atom is 0.329 e. The number of aliphatic carboxylic acids is 1. The molecule has 1 saturated carbocycles. The molecule has 0 saturated heterocycles. The van der Waals surface area contributed by atoms with Gasteiger partial charge in [-0.15, -0.1) is 10.2 Å². The SMILES string of the molecule is N#Cc1ccc(NC2(C(=O)O)CC2)nn1. The molecule has 1 aromatic rings. The highest BCUT2D eigenvalue weighted by molar-refractivity contribution is 5.85. The number of nitrogens with zero attached hydrogens (tertiary/aromatic N) is 3. The molecule has 0 aliphatic heterocycles. The van der Waals surface area contributed by atoms with Gasteiger partial charge in [-0.05, 0) is 25.0 Å². The van der Waals surface area contributed by atoms with Crippen LogP contribution in [0.15, 0.2) is 12.1 Å². The van der Waals surface area contributed by atoms with E-state index in [9.17, 15) is 4.79 Å². The van der Waals surface area contributed by atoms with Crippen LogP contribution in [-0.4, -0.2) is 26.8 Å². The summed E-state index contributed by atoms with van der Waals surface area (Å²) in [5.74, 6) is -0.498. The third-order valence-corrected chi connectivity index (χ3v) is 2.31. The van der Waals surface area contributed by atoms with Crippen LogP contribution in [0.3, 0.4) is 0 Å². The van der Waals surface area contributed by atoms with Gasteiger partial charge in [0, 0.05) is 0 Å². The van der Waals surface area contributed by atoms with Gasteiger partial charge in [0.05, 0.1) is 0 Å². The average Bonchev–Trinajstić information content (AvgIpc) is 3.00. The molecule has 0 amide bonds. The number of nitrogens with one attached hydrogen (secondary N) is 1. The second-order valence-corrected chi connectivity index (χ2v) is 3.43. The lowest BCUT2D eigenvalue weighted by Crippen LogP contribution is -2.31. The lowest BCUT2D eigenvalue weighted by atomic mass is 10.3. The van der Waals surface area contributed by atoms with E-state index >= 15 is 0 Å². The van der Waals surface area contributed by atoms with Crippen LogP contribution in [-0.2, 0) is 4.79 Å². The smallest absolute Gasteiger partial charge is 0.329 e. The zero-order chi connectivity index (χ0) is 10.9. The molecular weight excluding hydrogens is 196 g/mol. The molecule has 6 heteroatoms. The van der Waals surface area contributed by atoms with Crippen molar-refractivity contribution in [2.24, 2.45) is 0 Å². The Labute approximate surface area is 85.6 Å². The third kappa shape index (κ3) is 1.72. The zero-order valence-corrected chi connectivity index (χ0v) is 7.77. The van der Waals surface area contributed by atoms with Crippen LogP contribution in [0.5, 0.6) is 0 Å². The highest BCUT2D eigenvalue weighted by Crippen LogP contribution is 2.38. The van der Waals surface area contributed by atoms with Crippen LogP contribution >= 0.6 is 0 Å². The van der Waals surface area contributed by atoms with Gasteiger partial charge in [-0.1, -0.05) is 0 Å². The minimum atomic E-state index is -0.881. The standard InChI is InChI=1S/C9H8N4O2/c10-5-6-1-2-7(13-12-6)11-9(3-4-9)8(14)15/h1-2H,3-4H2,(H,11,13)(H,14,15). The van der Waals surface area contributed by atoms with Crippen LogP contribution in [0, 0.1) is 11.3 Å². The first-order valence-electron chi connectivity index (χ1n) is 4.42. The van der Waals surface area contributed by atoms with Gasteiger partial charge in [-0.25, -0.2) is 4.79 Å². The van der Waals surface area contributed by atoms with Crippen LogP contribution in [0.4, 0.5) is 5.82 Å². The molecule has 6 nitrogen and oxygen atoms in total. The van der Waals surface area contributed by atoms with Crippen LogP contribution < -0.4 is 5.32 Å². The fourth-order valence-corrected chi connectivity index (χ4v) is 1.22. The van der Waals surface area contributed by atoms with Crippen molar-refractivity contribution in [2.45, 2.75) is 18.4 Å². The fraction of sp³-hybridized carbons (Fsp3) is 0.333. The Kier molecular flexibility index (Phi) is 2.01. The molecule has 1 aromatic heterocycles. The van der Waals surface area contributed by atoms with Gasteiger partial charge >= 0.3 is 5.97 Å². The van der Waals surface area contributed by atoms with Gasteiger partial charge in [0.1, 0.15) is 17.4 Å². The second kappa shape index (κ2) is 3.20. The number of aromatic nitrogens is 2. The maximum atomic E-state index is 10.8. The van der Waals surface area contributed by atoms with E-state index in [-0.39, 0.29) is 5.69 Å². The van der Waals surface area contributed by atoms with Gasteiger partial charge in [0.2, 0.25) is 0 Å². The van der Waals surface area contributed by atoms with Crippen LogP contribution in [0.25, 0.3) is 0 Å². The summed E-state index contributed by atoms with van der Waals surface area (Å²) in [7, 11) is 0. The summed E-state index contributed by atoms with van der Waals surface area (Å²) >= 11 is 0. The topological polar surface area (TPSA) is 98.9 Å². The number of carbonyl (C=O) groups is 1. The summed E-state index contributed by atoms with van der Waals surface area (Å²) in [6, 6.07) is 4.88. The lowest BCUT2D eigenvalue weighted by molar-refractivity contribution is -0.138. The summed E-state index contributed by atoms with van der Waals surface area (Å²) in [6.07, 6.45) is 1.17. The number of rotatable bonds is 3. The summed E-state index contributed by atoms with van der Waals surface area (Å²) < 4.78 is 0. The Morgan fingerprint density at radius 1 is 1.53 bits per heavy atom. The van der Waals surface area contributed by atoms with E-state index in [1.165, 1.54) is 6.07 Å². The van der Waals surface area contributed by atoms with Crippen molar-refractivity contribution in [3.63, 3.8) is 0 Å². The highest BCUT2D eigenvalue weighted by Gasteiger charge is 2.50. The lowest BCUT2D eigenvalue weighted by Gasteiger charge is -2.11. The van der Waals surface area contributed by atoms with E-state index in [0.717, 1.165) is 0 Å². The minimum Gasteiger partial charge on any atom is -0.480 e. The van der Waals surface area contributed by atoms with Gasteiger partial charge < -0.3 is 10.4 Å². The first kappa shape index (κ1) is 9.40. The van der Waals surface area contributed by atoms with E-state index in [0.29, 0.717) is 18.7 Å². The Morgan fingerprint density at radius 2 is 2.27 bits per heavy atom. The van der Waals surface area contributed by atoms with Crippen molar-refractivity contribution < 1.29 is 9.90 Å². The predicted molar refractivity (Wildman–Crippen MR) is 50.0 cm³/mol. The monoisotopic (exact) mass is 204 g/mol. The molecule has 0 aromatic carbocycles. The second-order valence-electron chi connectivity index (χ2n) is 3.43. The first-order valence-corrected chi connectivity index (χ1v) is 4.42. The number of hydrogen-bond acceptors (Lipinski definition) is 5. The molecule has 1 aliphatic carbocycles. The molecule has 15 heavy (non-hydrogen) atoms. The first-order chi connectivity index (χ1) is 7.16. The summed E-state index contributed by atoms with van der Waals surface area (Å²) in [5.41, 5.74) is -0.663. The average molecular weight is 204 g/mol. The molecule has 1 fully saturated rings. The molecule has 0 radical (unpaired) electrons. The van der Waals surface area contributed by atoms with Crippen LogP contribution in [0.1, 0.15) is 18.5 Å². The maximum absolute atomic E-state index is 10.8. The molecule has 0 bridgehead atoms. The molecule has 2 rings (SSSR count). The Morgan fingerprint density at radius 3 is 2.67 bits per heavy atom. The van der Waals surface area contributed by atoms with Crippen molar-refractivity contribution in [1.29, 1.82) is 5.26 Å². The van der Waals surface area contributed by atoms with E-state index in [1.54, 1.807) is 6.07 Å².